The lowest BCUT2D eigenvalue weighted by Gasteiger charge is -2.12. The number of benzene rings is 2. The Morgan fingerprint density at radius 1 is 1.19 bits per heavy atom. The Kier molecular flexibility index (Phi) is 5.00. The van der Waals surface area contributed by atoms with Crippen molar-refractivity contribution in [2.45, 2.75) is 17.7 Å². The van der Waals surface area contributed by atoms with Crippen LogP contribution in [0.4, 0.5) is 17.1 Å². The normalized spacial score (nSPS) is 13.7. The Morgan fingerprint density at radius 2 is 1.89 bits per heavy atom. The van der Waals surface area contributed by atoms with Gasteiger partial charge in [-0.05, 0) is 37.1 Å². The van der Waals surface area contributed by atoms with Crippen LogP contribution in [0.15, 0.2) is 47.4 Å². The molecule has 2 N–H and O–H groups in total. The van der Waals surface area contributed by atoms with Gasteiger partial charge in [-0.1, -0.05) is 6.07 Å². The first kappa shape index (κ1) is 18.6. The molecule has 1 amide bonds. The van der Waals surface area contributed by atoms with E-state index in [1.54, 1.807) is 12.1 Å². The number of nitrogens with one attached hydrogen (secondary N) is 2. The molecule has 27 heavy (non-hydrogen) atoms. The summed E-state index contributed by atoms with van der Waals surface area (Å²) in [7, 11) is -2.83. The third-order valence-electron chi connectivity index (χ3n) is 3.98. The van der Waals surface area contributed by atoms with Crippen LogP contribution >= 0.6 is 0 Å². The van der Waals surface area contributed by atoms with E-state index in [0.29, 0.717) is 5.69 Å². The fourth-order valence-corrected chi connectivity index (χ4v) is 3.65. The number of sulfonamides is 1. The quantitative estimate of drug-likeness (QED) is 0.552. The van der Waals surface area contributed by atoms with Crippen molar-refractivity contribution in [3.63, 3.8) is 0 Å². The largest absolute Gasteiger partial charge is 0.495 e. The van der Waals surface area contributed by atoms with Gasteiger partial charge in [-0.2, -0.15) is 0 Å². The topological polar surface area (TPSA) is 128 Å². The van der Waals surface area contributed by atoms with Crippen LogP contribution < -0.4 is 14.8 Å². The summed E-state index contributed by atoms with van der Waals surface area (Å²) in [5, 5.41) is 13.6. The van der Waals surface area contributed by atoms with E-state index in [0.717, 1.165) is 31.0 Å². The van der Waals surface area contributed by atoms with Crippen molar-refractivity contribution < 1.29 is 22.9 Å². The highest BCUT2D eigenvalue weighted by Gasteiger charge is 2.29. The number of hydrogen-bond donors (Lipinski definition) is 2. The van der Waals surface area contributed by atoms with E-state index < -0.39 is 14.9 Å². The first-order valence-corrected chi connectivity index (χ1v) is 9.54. The fraction of sp³-hybridized carbons (Fsp3) is 0.235. The Morgan fingerprint density at radius 3 is 2.52 bits per heavy atom. The predicted octanol–water partition coefficient (Wildman–Crippen LogP) is 2.75. The molecule has 0 aliphatic heterocycles. The number of carbonyl (C=O) groups is 1. The Hall–Kier alpha value is -3.14. The molecule has 142 valence electrons. The molecule has 2 aromatic carbocycles. The lowest BCUT2D eigenvalue weighted by molar-refractivity contribution is -0.385. The maximum Gasteiger partial charge on any atom is 0.273 e. The average Bonchev–Trinajstić information content (AvgIpc) is 3.46. The molecule has 0 heterocycles. The van der Waals surface area contributed by atoms with Crippen LogP contribution in [0.2, 0.25) is 0 Å². The molecule has 3 rings (SSSR count). The van der Waals surface area contributed by atoms with Crippen LogP contribution in [0.3, 0.4) is 0 Å². The SMILES string of the molecule is COc1cc([N+](=O)[O-])ccc1S(=O)(=O)Nc1cccc(NC(=O)C2CC2)c1. The van der Waals surface area contributed by atoms with Gasteiger partial charge in [-0.3, -0.25) is 19.6 Å². The van der Waals surface area contributed by atoms with Gasteiger partial charge in [0.15, 0.2) is 0 Å². The van der Waals surface area contributed by atoms with E-state index in [1.807, 2.05) is 0 Å². The Bertz CT molecular complexity index is 1000. The summed E-state index contributed by atoms with van der Waals surface area (Å²) in [6.07, 6.45) is 1.72. The molecule has 1 saturated carbocycles. The minimum absolute atomic E-state index is 0.0229. The zero-order valence-electron chi connectivity index (χ0n) is 14.3. The molecule has 2 aromatic rings. The molecule has 0 radical (unpaired) electrons. The van der Waals surface area contributed by atoms with Crippen molar-refractivity contribution in [1.82, 2.24) is 0 Å². The molecule has 1 aliphatic rings. The first-order chi connectivity index (χ1) is 12.8. The summed E-state index contributed by atoms with van der Waals surface area (Å²) in [5.74, 6) is -0.211. The van der Waals surface area contributed by atoms with Gasteiger partial charge in [-0.25, -0.2) is 8.42 Å². The van der Waals surface area contributed by atoms with Gasteiger partial charge in [0, 0.05) is 17.7 Å². The summed E-state index contributed by atoms with van der Waals surface area (Å²) >= 11 is 0. The van der Waals surface area contributed by atoms with Gasteiger partial charge in [0.25, 0.3) is 15.7 Å². The van der Waals surface area contributed by atoms with E-state index in [2.05, 4.69) is 10.0 Å². The third kappa shape index (κ3) is 4.34. The number of carbonyl (C=O) groups excluding carboxylic acids is 1. The summed E-state index contributed by atoms with van der Waals surface area (Å²) in [5.41, 5.74) is 0.433. The van der Waals surface area contributed by atoms with E-state index in [4.69, 9.17) is 4.74 Å². The lowest BCUT2D eigenvalue weighted by atomic mass is 10.2. The smallest absolute Gasteiger partial charge is 0.273 e. The Balaban J connectivity index is 1.84. The summed E-state index contributed by atoms with van der Waals surface area (Å²) in [4.78, 5) is 21.8. The number of non-ortho nitro benzene ring substituents is 1. The number of ether oxygens (including phenoxy) is 1. The number of anilines is 2. The number of rotatable bonds is 7. The van der Waals surface area contributed by atoms with E-state index in [-0.39, 0.29) is 33.8 Å². The van der Waals surface area contributed by atoms with Crippen molar-refractivity contribution >= 4 is 33.0 Å². The Labute approximate surface area is 155 Å². The van der Waals surface area contributed by atoms with Crippen LogP contribution in [0, 0.1) is 16.0 Å². The second kappa shape index (κ2) is 7.23. The molecule has 10 heteroatoms. The third-order valence-corrected chi connectivity index (χ3v) is 5.40. The second-order valence-electron chi connectivity index (χ2n) is 6.04. The lowest BCUT2D eigenvalue weighted by Crippen LogP contribution is -2.15. The molecule has 9 nitrogen and oxygen atoms in total. The van der Waals surface area contributed by atoms with Gasteiger partial charge in [-0.15, -0.1) is 0 Å². The molecule has 0 spiro atoms. The predicted molar refractivity (Wildman–Crippen MR) is 98.3 cm³/mol. The maximum absolute atomic E-state index is 12.7. The molecule has 0 unspecified atom stereocenters. The number of nitro benzene ring substituents is 1. The van der Waals surface area contributed by atoms with E-state index >= 15 is 0 Å². The number of nitrogens with zero attached hydrogens (tertiary/aromatic N) is 1. The van der Waals surface area contributed by atoms with Crippen molar-refractivity contribution in [1.29, 1.82) is 0 Å². The molecule has 1 aliphatic carbocycles. The van der Waals surface area contributed by atoms with Crippen molar-refractivity contribution in [3.8, 4) is 5.75 Å². The molecular formula is C17H17N3O6S. The molecule has 1 fully saturated rings. The van der Waals surface area contributed by atoms with Crippen LogP contribution in [0.1, 0.15) is 12.8 Å². The molecule has 0 aromatic heterocycles. The van der Waals surface area contributed by atoms with Crippen LogP contribution in [-0.2, 0) is 14.8 Å². The van der Waals surface area contributed by atoms with Crippen molar-refractivity contribution in [3.05, 3.63) is 52.6 Å². The fourth-order valence-electron chi connectivity index (χ4n) is 2.45. The van der Waals surface area contributed by atoms with Crippen LogP contribution in [0.25, 0.3) is 0 Å². The van der Waals surface area contributed by atoms with Gasteiger partial charge >= 0.3 is 0 Å². The molecule has 0 saturated heterocycles. The standard InChI is InChI=1S/C17H17N3O6S/c1-26-15-10-14(20(22)23)7-8-16(15)27(24,25)19-13-4-2-3-12(9-13)18-17(21)11-5-6-11/h2-4,7-11,19H,5-6H2,1H3,(H,18,21). The second-order valence-corrected chi connectivity index (χ2v) is 7.69. The van der Waals surface area contributed by atoms with Gasteiger partial charge < -0.3 is 10.1 Å². The summed E-state index contributed by atoms with van der Waals surface area (Å²) < 4.78 is 32.7. The number of amides is 1. The maximum atomic E-state index is 12.7. The highest BCUT2D eigenvalue weighted by molar-refractivity contribution is 7.92. The number of hydrogen-bond acceptors (Lipinski definition) is 6. The average molecular weight is 391 g/mol. The minimum Gasteiger partial charge on any atom is -0.495 e. The highest BCUT2D eigenvalue weighted by Crippen LogP contribution is 2.32. The monoisotopic (exact) mass is 391 g/mol. The zero-order valence-corrected chi connectivity index (χ0v) is 15.2. The number of methoxy groups -OCH3 is 1. The highest BCUT2D eigenvalue weighted by atomic mass is 32.2. The van der Waals surface area contributed by atoms with Gasteiger partial charge in [0.1, 0.15) is 10.6 Å². The minimum atomic E-state index is -4.06. The van der Waals surface area contributed by atoms with Crippen LogP contribution in [0.5, 0.6) is 5.75 Å². The summed E-state index contributed by atoms with van der Waals surface area (Å²) in [6.45, 7) is 0. The molecule has 0 bridgehead atoms. The zero-order chi connectivity index (χ0) is 19.6. The van der Waals surface area contributed by atoms with Crippen molar-refractivity contribution in [2.75, 3.05) is 17.1 Å². The van der Waals surface area contributed by atoms with Crippen molar-refractivity contribution in [2.24, 2.45) is 5.92 Å². The summed E-state index contributed by atoms with van der Waals surface area (Å²) in [6, 6.07) is 9.53. The number of nitro groups is 1. The molecular weight excluding hydrogens is 374 g/mol. The van der Waals surface area contributed by atoms with Crippen LogP contribution in [-0.4, -0.2) is 26.4 Å². The van der Waals surface area contributed by atoms with Gasteiger partial charge in [0.05, 0.1) is 23.8 Å². The van der Waals surface area contributed by atoms with E-state index in [9.17, 15) is 23.3 Å². The molecule has 0 atom stereocenters. The van der Waals surface area contributed by atoms with E-state index in [1.165, 1.54) is 19.2 Å². The van der Waals surface area contributed by atoms with Gasteiger partial charge in [0.2, 0.25) is 5.91 Å². The first-order valence-electron chi connectivity index (χ1n) is 8.06.